The summed E-state index contributed by atoms with van der Waals surface area (Å²) in [5, 5.41) is 19.4. The molecule has 1 aliphatic carbocycles. The second kappa shape index (κ2) is 5.76. The molecule has 0 amide bonds. The molecule has 0 radical (unpaired) electrons. The zero-order valence-corrected chi connectivity index (χ0v) is 13.4. The fraction of sp³-hybridized carbons (Fsp3) is 0. The molecule has 2 aromatic rings. The number of fused-ring (bicyclic) bond motifs is 1. The summed E-state index contributed by atoms with van der Waals surface area (Å²) in [6, 6.07) is 10.2. The number of phenols is 1. The van der Waals surface area contributed by atoms with Gasteiger partial charge in [-0.3, -0.25) is 5.41 Å². The Morgan fingerprint density at radius 2 is 1.96 bits per heavy atom. The van der Waals surface area contributed by atoms with Crippen LogP contribution in [0.25, 0.3) is 16.3 Å². The summed E-state index contributed by atoms with van der Waals surface area (Å²) in [7, 11) is 0. The van der Waals surface area contributed by atoms with Crippen molar-refractivity contribution in [3.05, 3.63) is 69.5 Å². The first-order valence-corrected chi connectivity index (χ1v) is 7.50. The third-order valence-electron chi connectivity index (χ3n) is 3.61. The number of benzene rings is 2. The van der Waals surface area contributed by atoms with Gasteiger partial charge in [0, 0.05) is 11.1 Å². The molecule has 116 valence electrons. The molecule has 2 aromatic carbocycles. The standard InChI is InChI=1S/C17H12ClFN2OS/c18-13-7-12(17(21)23)16(20)15(19)14(13)11-6-9(22)5-8-3-1-2-4-10(8)11/h1-7,20,22-23H,21H2/b17-12-,20-16?. The normalized spacial score (nSPS) is 17.5. The van der Waals surface area contributed by atoms with Crippen molar-refractivity contribution in [3.8, 4) is 5.75 Å². The van der Waals surface area contributed by atoms with E-state index in [-0.39, 0.29) is 32.7 Å². The van der Waals surface area contributed by atoms with Gasteiger partial charge in [0.05, 0.1) is 10.1 Å². The van der Waals surface area contributed by atoms with E-state index in [1.807, 2.05) is 12.1 Å². The van der Waals surface area contributed by atoms with Gasteiger partial charge in [0.2, 0.25) is 0 Å². The fourth-order valence-electron chi connectivity index (χ4n) is 2.57. The smallest absolute Gasteiger partial charge is 0.158 e. The van der Waals surface area contributed by atoms with Gasteiger partial charge in [-0.1, -0.05) is 35.9 Å². The van der Waals surface area contributed by atoms with E-state index >= 15 is 0 Å². The lowest BCUT2D eigenvalue weighted by molar-refractivity contribution is 0.476. The van der Waals surface area contributed by atoms with E-state index in [0.717, 1.165) is 10.8 Å². The summed E-state index contributed by atoms with van der Waals surface area (Å²) < 4.78 is 14.8. The van der Waals surface area contributed by atoms with Crippen LogP contribution in [0.4, 0.5) is 4.39 Å². The fourth-order valence-corrected chi connectivity index (χ4v) is 3.04. The molecule has 0 aliphatic heterocycles. The van der Waals surface area contributed by atoms with Crippen LogP contribution < -0.4 is 5.73 Å². The van der Waals surface area contributed by atoms with Crippen molar-refractivity contribution in [2.24, 2.45) is 5.73 Å². The first-order valence-electron chi connectivity index (χ1n) is 6.67. The monoisotopic (exact) mass is 346 g/mol. The van der Waals surface area contributed by atoms with E-state index in [9.17, 15) is 9.50 Å². The molecular weight excluding hydrogens is 335 g/mol. The van der Waals surface area contributed by atoms with Crippen molar-refractivity contribution < 1.29 is 9.50 Å². The Morgan fingerprint density at radius 3 is 2.65 bits per heavy atom. The van der Waals surface area contributed by atoms with Crippen LogP contribution in [0.15, 0.2) is 63.9 Å². The SMILES string of the molecule is N=C1C(F)=C(c2cc(O)cc3ccccc23)C(Cl)=C/C1=C(\N)S. The minimum absolute atomic E-state index is 0.00922. The van der Waals surface area contributed by atoms with Crippen molar-refractivity contribution in [1.82, 2.24) is 0 Å². The molecule has 0 unspecified atom stereocenters. The van der Waals surface area contributed by atoms with Gasteiger partial charge in [-0.2, -0.15) is 0 Å². The van der Waals surface area contributed by atoms with Gasteiger partial charge >= 0.3 is 0 Å². The Kier molecular flexibility index (Phi) is 3.92. The number of phenolic OH excluding ortho intramolecular Hbond substituents is 1. The Labute approximate surface area is 142 Å². The van der Waals surface area contributed by atoms with Crippen LogP contribution in [0.1, 0.15) is 5.56 Å². The van der Waals surface area contributed by atoms with E-state index in [0.29, 0.717) is 5.56 Å². The molecule has 6 heteroatoms. The number of thiol groups is 1. The summed E-state index contributed by atoms with van der Waals surface area (Å²) in [4.78, 5) is 0. The zero-order chi connectivity index (χ0) is 16.7. The van der Waals surface area contributed by atoms with Gasteiger partial charge < -0.3 is 10.8 Å². The molecule has 3 rings (SSSR count). The molecule has 3 nitrogen and oxygen atoms in total. The summed E-state index contributed by atoms with van der Waals surface area (Å²) >= 11 is 10.2. The number of aromatic hydroxyl groups is 1. The van der Waals surface area contributed by atoms with Crippen molar-refractivity contribution in [2.45, 2.75) is 0 Å². The molecule has 4 N–H and O–H groups in total. The number of hydrogen-bond donors (Lipinski definition) is 4. The predicted octanol–water partition coefficient (Wildman–Crippen LogP) is 4.48. The molecule has 0 saturated heterocycles. The van der Waals surface area contributed by atoms with Gasteiger partial charge in [0.1, 0.15) is 11.5 Å². The molecular formula is C17H12ClFN2OS. The average molecular weight is 347 g/mol. The van der Waals surface area contributed by atoms with E-state index in [1.165, 1.54) is 12.1 Å². The lowest BCUT2D eigenvalue weighted by Crippen LogP contribution is -2.12. The van der Waals surface area contributed by atoms with E-state index in [2.05, 4.69) is 12.6 Å². The maximum atomic E-state index is 14.8. The first kappa shape index (κ1) is 15.6. The molecule has 0 saturated carbocycles. The largest absolute Gasteiger partial charge is 0.508 e. The third-order valence-corrected chi connectivity index (χ3v) is 4.15. The van der Waals surface area contributed by atoms with Crippen molar-refractivity contribution in [2.75, 3.05) is 0 Å². The summed E-state index contributed by atoms with van der Waals surface area (Å²) in [6.07, 6.45) is 1.41. The molecule has 0 atom stereocenters. The van der Waals surface area contributed by atoms with Gasteiger partial charge in [-0.05, 0) is 34.5 Å². The highest BCUT2D eigenvalue weighted by Gasteiger charge is 2.26. The Hall–Kier alpha value is -2.24. The average Bonchev–Trinajstić information content (AvgIpc) is 2.50. The van der Waals surface area contributed by atoms with E-state index < -0.39 is 5.83 Å². The minimum atomic E-state index is -0.805. The number of nitrogens with one attached hydrogen (secondary N) is 1. The quantitative estimate of drug-likeness (QED) is 0.575. The number of allylic oxidation sites excluding steroid dienone is 5. The Bertz CT molecular complexity index is 943. The van der Waals surface area contributed by atoms with Crippen LogP contribution in [0.2, 0.25) is 0 Å². The molecule has 0 fully saturated rings. The van der Waals surface area contributed by atoms with Crippen molar-refractivity contribution in [3.63, 3.8) is 0 Å². The molecule has 0 heterocycles. The van der Waals surface area contributed by atoms with Crippen LogP contribution in [0.3, 0.4) is 0 Å². The maximum absolute atomic E-state index is 14.8. The van der Waals surface area contributed by atoms with Crippen molar-refractivity contribution >= 4 is 46.3 Å². The topological polar surface area (TPSA) is 70.1 Å². The highest BCUT2D eigenvalue weighted by atomic mass is 35.5. The third kappa shape index (κ3) is 2.62. The second-order valence-electron chi connectivity index (χ2n) is 5.07. The molecule has 23 heavy (non-hydrogen) atoms. The van der Waals surface area contributed by atoms with E-state index in [4.69, 9.17) is 22.7 Å². The lowest BCUT2D eigenvalue weighted by atomic mass is 9.91. The van der Waals surface area contributed by atoms with Crippen molar-refractivity contribution in [1.29, 1.82) is 5.41 Å². The highest BCUT2D eigenvalue weighted by Crippen LogP contribution is 2.41. The van der Waals surface area contributed by atoms with Gasteiger partial charge in [-0.15, -0.1) is 12.6 Å². The van der Waals surface area contributed by atoms with Crippen LogP contribution in [0.5, 0.6) is 5.75 Å². The van der Waals surface area contributed by atoms with Crippen LogP contribution in [-0.4, -0.2) is 10.8 Å². The van der Waals surface area contributed by atoms with E-state index in [1.54, 1.807) is 18.2 Å². The number of rotatable bonds is 1. The summed E-state index contributed by atoms with van der Waals surface area (Å²) in [5.41, 5.74) is 5.77. The molecule has 0 spiro atoms. The number of halogens is 2. The molecule has 0 bridgehead atoms. The zero-order valence-electron chi connectivity index (χ0n) is 11.8. The lowest BCUT2D eigenvalue weighted by Gasteiger charge is -2.19. The second-order valence-corrected chi connectivity index (χ2v) is 5.96. The van der Waals surface area contributed by atoms with Gasteiger partial charge in [-0.25, -0.2) is 4.39 Å². The molecule has 1 aliphatic rings. The molecule has 0 aromatic heterocycles. The van der Waals surface area contributed by atoms with Crippen LogP contribution in [-0.2, 0) is 0 Å². The van der Waals surface area contributed by atoms with Gasteiger partial charge in [0.25, 0.3) is 0 Å². The first-order chi connectivity index (χ1) is 10.9. The Morgan fingerprint density at radius 1 is 1.26 bits per heavy atom. The minimum Gasteiger partial charge on any atom is -0.508 e. The van der Waals surface area contributed by atoms with Gasteiger partial charge in [0.15, 0.2) is 5.83 Å². The van der Waals surface area contributed by atoms with Crippen LogP contribution in [0, 0.1) is 5.41 Å². The Balaban J connectivity index is 2.34. The maximum Gasteiger partial charge on any atom is 0.158 e. The predicted molar refractivity (Wildman–Crippen MR) is 95.5 cm³/mol. The number of hydrogen-bond acceptors (Lipinski definition) is 4. The highest BCUT2D eigenvalue weighted by molar-refractivity contribution is 7.84. The van der Waals surface area contributed by atoms with Crippen LogP contribution >= 0.6 is 24.2 Å². The number of nitrogens with two attached hydrogens (primary N) is 1. The summed E-state index contributed by atoms with van der Waals surface area (Å²) in [6.45, 7) is 0. The summed E-state index contributed by atoms with van der Waals surface area (Å²) in [5.74, 6) is -0.815.